The van der Waals surface area contributed by atoms with E-state index in [0.717, 1.165) is 22.2 Å². The molecule has 0 spiro atoms. The molecule has 0 aliphatic carbocycles. The Labute approximate surface area is 101 Å². The quantitative estimate of drug-likeness (QED) is 0.686. The molecule has 2 heterocycles. The van der Waals surface area contributed by atoms with Gasteiger partial charge < -0.3 is 10.7 Å². The zero-order chi connectivity index (χ0) is 11.8. The fourth-order valence-corrected chi connectivity index (χ4v) is 2.38. The van der Waals surface area contributed by atoms with Gasteiger partial charge in [-0.25, -0.2) is 4.98 Å². The van der Waals surface area contributed by atoms with Gasteiger partial charge in [0.1, 0.15) is 0 Å². The lowest BCUT2D eigenvalue weighted by atomic mass is 10.1. The summed E-state index contributed by atoms with van der Waals surface area (Å²) in [6.07, 6.45) is 1.89. The summed E-state index contributed by atoms with van der Waals surface area (Å²) in [6, 6.07) is 7.68. The molecule has 0 saturated heterocycles. The fraction of sp³-hybridized carbons (Fsp3) is 0. The Balaban J connectivity index is 2.27. The molecule has 3 aromatic rings. The number of hydrogen-bond donors (Lipinski definition) is 2. The fourth-order valence-electron chi connectivity index (χ4n) is 1.81. The van der Waals surface area contributed by atoms with Crippen LogP contribution < -0.4 is 5.73 Å². The number of nitrogen functional groups attached to an aromatic ring is 1. The smallest absolute Gasteiger partial charge is 0.180 e. The van der Waals surface area contributed by atoms with Crippen LogP contribution in [-0.2, 0) is 0 Å². The van der Waals surface area contributed by atoms with E-state index >= 15 is 0 Å². The average molecular weight is 240 g/mol. The number of H-pyrrole nitrogens is 1. The Morgan fingerprint density at radius 2 is 2.29 bits per heavy atom. The van der Waals surface area contributed by atoms with Crippen LogP contribution in [0, 0.1) is 11.3 Å². The van der Waals surface area contributed by atoms with Crippen molar-refractivity contribution < 1.29 is 0 Å². The first-order valence-electron chi connectivity index (χ1n) is 5.00. The molecule has 0 bridgehead atoms. The van der Waals surface area contributed by atoms with Crippen LogP contribution in [0.2, 0.25) is 0 Å². The monoisotopic (exact) mass is 240 g/mol. The molecular formula is C12H8N4S. The second-order valence-corrected chi connectivity index (χ2v) is 4.54. The van der Waals surface area contributed by atoms with E-state index in [1.165, 1.54) is 11.3 Å². The van der Waals surface area contributed by atoms with Crippen molar-refractivity contribution in [1.29, 1.82) is 5.26 Å². The number of benzene rings is 1. The predicted octanol–water partition coefficient (Wildman–Crippen LogP) is 2.75. The number of aromatic nitrogens is 2. The molecule has 0 atom stereocenters. The molecule has 0 saturated carbocycles. The number of rotatable bonds is 1. The average Bonchev–Trinajstić information content (AvgIpc) is 2.93. The molecule has 2 aromatic heterocycles. The summed E-state index contributed by atoms with van der Waals surface area (Å²) in [5.74, 6) is 0. The summed E-state index contributed by atoms with van der Waals surface area (Å²) in [6.45, 7) is 0. The molecular weight excluding hydrogens is 232 g/mol. The van der Waals surface area contributed by atoms with E-state index in [2.05, 4.69) is 16.0 Å². The number of nitrogens with two attached hydrogens (primary N) is 1. The highest BCUT2D eigenvalue weighted by molar-refractivity contribution is 7.13. The highest BCUT2D eigenvalue weighted by atomic mass is 32.1. The van der Waals surface area contributed by atoms with Gasteiger partial charge in [0.2, 0.25) is 0 Å². The minimum absolute atomic E-state index is 0.547. The molecule has 1 aromatic carbocycles. The molecule has 4 nitrogen and oxygen atoms in total. The van der Waals surface area contributed by atoms with Crippen LogP contribution in [-0.4, -0.2) is 9.97 Å². The highest BCUT2D eigenvalue weighted by Gasteiger charge is 2.09. The Bertz CT molecular complexity index is 732. The summed E-state index contributed by atoms with van der Waals surface area (Å²) >= 11 is 1.41. The van der Waals surface area contributed by atoms with Crippen molar-refractivity contribution in [3.05, 3.63) is 35.3 Å². The number of fused-ring (bicyclic) bond motifs is 1. The number of aromatic amines is 1. The van der Waals surface area contributed by atoms with Gasteiger partial charge in [-0.3, -0.25) is 0 Å². The number of anilines is 1. The van der Waals surface area contributed by atoms with Crippen LogP contribution in [0.4, 0.5) is 5.13 Å². The van der Waals surface area contributed by atoms with E-state index in [0.29, 0.717) is 10.7 Å². The van der Waals surface area contributed by atoms with E-state index in [-0.39, 0.29) is 0 Å². The third-order valence-electron chi connectivity index (χ3n) is 2.61. The van der Waals surface area contributed by atoms with Gasteiger partial charge in [0, 0.05) is 28.0 Å². The largest absolute Gasteiger partial charge is 0.375 e. The van der Waals surface area contributed by atoms with Gasteiger partial charge >= 0.3 is 0 Å². The van der Waals surface area contributed by atoms with E-state index in [1.54, 1.807) is 6.07 Å². The van der Waals surface area contributed by atoms with Crippen molar-refractivity contribution in [1.82, 2.24) is 9.97 Å². The Morgan fingerprint density at radius 1 is 1.41 bits per heavy atom. The summed E-state index contributed by atoms with van der Waals surface area (Å²) in [5.41, 5.74) is 9.08. The van der Waals surface area contributed by atoms with E-state index in [9.17, 15) is 0 Å². The maximum Gasteiger partial charge on any atom is 0.180 e. The predicted molar refractivity (Wildman–Crippen MR) is 68.5 cm³/mol. The standard InChI is InChI=1S/C12H8N4S/c13-4-7-1-2-10-8(3-7)9(5-15-10)11-6-17-12(14)16-11/h1-3,5-6,15H,(H2,14,16). The summed E-state index contributed by atoms with van der Waals surface area (Å²) in [5, 5.41) is 12.4. The number of nitrogens with zero attached hydrogens (tertiary/aromatic N) is 2. The minimum atomic E-state index is 0.547. The van der Waals surface area contributed by atoms with Crippen LogP contribution >= 0.6 is 11.3 Å². The maximum absolute atomic E-state index is 8.91. The lowest BCUT2D eigenvalue weighted by molar-refractivity contribution is 1.41. The van der Waals surface area contributed by atoms with Crippen molar-refractivity contribution in [3.8, 4) is 17.3 Å². The van der Waals surface area contributed by atoms with E-state index < -0.39 is 0 Å². The maximum atomic E-state index is 8.91. The minimum Gasteiger partial charge on any atom is -0.375 e. The molecule has 3 rings (SSSR count). The van der Waals surface area contributed by atoms with Gasteiger partial charge in [0.05, 0.1) is 17.3 Å². The van der Waals surface area contributed by atoms with E-state index in [4.69, 9.17) is 11.0 Å². The van der Waals surface area contributed by atoms with Crippen LogP contribution in [0.5, 0.6) is 0 Å². The third-order valence-corrected chi connectivity index (χ3v) is 3.28. The van der Waals surface area contributed by atoms with Crippen molar-refractivity contribution in [2.24, 2.45) is 0 Å². The molecule has 0 fully saturated rings. The van der Waals surface area contributed by atoms with Gasteiger partial charge in [-0.1, -0.05) is 0 Å². The SMILES string of the molecule is N#Cc1ccc2[nH]cc(-c3csc(N)n3)c2c1. The van der Waals surface area contributed by atoms with Gasteiger partial charge in [-0.05, 0) is 18.2 Å². The second-order valence-electron chi connectivity index (χ2n) is 3.65. The summed E-state index contributed by atoms with van der Waals surface area (Å²) in [7, 11) is 0. The van der Waals surface area contributed by atoms with Crippen LogP contribution in [0.3, 0.4) is 0 Å². The van der Waals surface area contributed by atoms with Gasteiger partial charge in [0.25, 0.3) is 0 Å². The number of nitrogens with one attached hydrogen (secondary N) is 1. The molecule has 82 valence electrons. The highest BCUT2D eigenvalue weighted by Crippen LogP contribution is 2.30. The number of thiazole rings is 1. The molecule has 0 aliphatic heterocycles. The zero-order valence-electron chi connectivity index (χ0n) is 8.77. The summed E-state index contributed by atoms with van der Waals surface area (Å²) < 4.78 is 0. The normalized spacial score (nSPS) is 10.5. The molecule has 3 N–H and O–H groups in total. The number of hydrogen-bond acceptors (Lipinski definition) is 4. The Morgan fingerprint density at radius 3 is 3.00 bits per heavy atom. The van der Waals surface area contributed by atoms with E-state index in [1.807, 2.05) is 23.7 Å². The Hall–Kier alpha value is -2.32. The van der Waals surface area contributed by atoms with Crippen LogP contribution in [0.15, 0.2) is 29.8 Å². The zero-order valence-corrected chi connectivity index (χ0v) is 9.58. The lowest BCUT2D eigenvalue weighted by Crippen LogP contribution is -1.82. The lowest BCUT2D eigenvalue weighted by Gasteiger charge is -1.95. The third kappa shape index (κ3) is 1.55. The first-order valence-corrected chi connectivity index (χ1v) is 5.88. The topological polar surface area (TPSA) is 78.5 Å². The first kappa shape index (κ1) is 9.87. The van der Waals surface area contributed by atoms with Gasteiger partial charge in [-0.15, -0.1) is 11.3 Å². The molecule has 5 heteroatoms. The van der Waals surface area contributed by atoms with Crippen LogP contribution in [0.25, 0.3) is 22.2 Å². The Kier molecular flexibility index (Phi) is 2.10. The van der Waals surface area contributed by atoms with Crippen molar-refractivity contribution in [2.45, 2.75) is 0 Å². The van der Waals surface area contributed by atoms with Crippen LogP contribution in [0.1, 0.15) is 5.56 Å². The van der Waals surface area contributed by atoms with Crippen molar-refractivity contribution >= 4 is 27.4 Å². The second kappa shape index (κ2) is 3.61. The molecule has 0 aliphatic rings. The first-order chi connectivity index (χ1) is 8.28. The van der Waals surface area contributed by atoms with Gasteiger partial charge in [-0.2, -0.15) is 5.26 Å². The van der Waals surface area contributed by atoms with Gasteiger partial charge in [0.15, 0.2) is 5.13 Å². The summed E-state index contributed by atoms with van der Waals surface area (Å²) in [4.78, 5) is 7.41. The van der Waals surface area contributed by atoms with Crippen molar-refractivity contribution in [3.63, 3.8) is 0 Å². The molecule has 0 unspecified atom stereocenters. The molecule has 0 amide bonds. The molecule has 17 heavy (non-hydrogen) atoms. The number of nitriles is 1. The molecule has 0 radical (unpaired) electrons. The van der Waals surface area contributed by atoms with Crippen molar-refractivity contribution in [2.75, 3.05) is 5.73 Å².